The van der Waals surface area contributed by atoms with E-state index in [9.17, 15) is 9.18 Å². The molecule has 2 aromatic carbocycles. The monoisotopic (exact) mass is 475 g/mol. The number of hydrogen-bond acceptors (Lipinski definition) is 3. The van der Waals surface area contributed by atoms with Crippen molar-refractivity contribution in [2.75, 3.05) is 11.4 Å². The zero-order valence-corrected chi connectivity index (χ0v) is 20.7. The fourth-order valence-electron chi connectivity index (χ4n) is 5.68. The lowest BCUT2D eigenvalue weighted by atomic mass is 9.80. The first-order valence-electron chi connectivity index (χ1n) is 12.5. The summed E-state index contributed by atoms with van der Waals surface area (Å²) in [6, 6.07) is 9.83. The molecule has 2 aliphatic rings. The molecule has 1 amide bonds. The molecular formula is C28H34FN5O. The summed E-state index contributed by atoms with van der Waals surface area (Å²) in [7, 11) is 1.85. The normalized spacial score (nSPS) is 18.7. The van der Waals surface area contributed by atoms with Gasteiger partial charge in [-0.05, 0) is 85.9 Å². The number of carbonyl (C=O) groups excluding carboxylic acids is 1. The Bertz CT molecular complexity index is 1340. The summed E-state index contributed by atoms with van der Waals surface area (Å²) in [6.07, 6.45) is 8.12. The predicted octanol–water partition coefficient (Wildman–Crippen LogP) is 4.43. The number of amides is 1. The van der Waals surface area contributed by atoms with Gasteiger partial charge in [0.25, 0.3) is 0 Å². The molecule has 3 N–H and O–H groups in total. The SMILES string of the molecule is Cc1cc([C@@H](c2c(Cn3ccn(C)c3=N)cc(N3CCC[C@H]3C)cc2C(N)=O)C2CC2)ccc1F. The number of imidazole rings is 1. The molecule has 6 nitrogen and oxygen atoms in total. The Kier molecular flexibility index (Phi) is 6.03. The first-order valence-corrected chi connectivity index (χ1v) is 12.5. The predicted molar refractivity (Wildman–Crippen MR) is 135 cm³/mol. The molecule has 184 valence electrons. The van der Waals surface area contributed by atoms with Gasteiger partial charge in [-0.1, -0.05) is 12.1 Å². The van der Waals surface area contributed by atoms with Crippen molar-refractivity contribution in [3.8, 4) is 0 Å². The number of primary amides is 1. The Morgan fingerprint density at radius 3 is 2.54 bits per heavy atom. The zero-order chi connectivity index (χ0) is 24.9. The molecule has 5 rings (SSSR count). The molecule has 7 heteroatoms. The van der Waals surface area contributed by atoms with Crippen molar-refractivity contribution in [1.29, 1.82) is 5.41 Å². The summed E-state index contributed by atoms with van der Waals surface area (Å²) in [5, 5.41) is 8.49. The smallest absolute Gasteiger partial charge is 0.249 e. The molecule has 1 aliphatic heterocycles. The van der Waals surface area contributed by atoms with Crippen LogP contribution in [-0.4, -0.2) is 27.6 Å². The van der Waals surface area contributed by atoms with Crippen molar-refractivity contribution in [3.05, 3.63) is 82.0 Å². The van der Waals surface area contributed by atoms with E-state index in [4.69, 9.17) is 11.1 Å². The van der Waals surface area contributed by atoms with Crippen molar-refractivity contribution < 1.29 is 9.18 Å². The second kappa shape index (κ2) is 9.02. The first-order chi connectivity index (χ1) is 16.7. The standard InChI is InChI=1S/C28H34FN5O/c1-17-13-20(8-9-24(17)29)25(19-6-7-19)26-21(16-33-12-11-32(3)28(33)31)14-22(15-23(26)27(30)35)34-10-4-5-18(34)2/h8-9,11-15,18-19,25,31H,4-7,10,16H2,1-3H3,(H2,30,35)/t18-,25+/m1/s1. The minimum atomic E-state index is -0.441. The number of nitrogens with two attached hydrogens (primary N) is 1. The topological polar surface area (TPSA) is 80.0 Å². The van der Waals surface area contributed by atoms with Crippen LogP contribution in [0.15, 0.2) is 42.7 Å². The number of hydrogen-bond donors (Lipinski definition) is 2. The molecule has 0 unspecified atom stereocenters. The average molecular weight is 476 g/mol. The number of halogens is 1. The summed E-state index contributed by atoms with van der Waals surface area (Å²) in [5.41, 5.74) is 11.5. The number of benzene rings is 2. The van der Waals surface area contributed by atoms with Crippen LogP contribution in [0.3, 0.4) is 0 Å². The maximum Gasteiger partial charge on any atom is 0.249 e. The lowest BCUT2D eigenvalue weighted by molar-refractivity contribution is 0.0999. The van der Waals surface area contributed by atoms with E-state index < -0.39 is 5.91 Å². The van der Waals surface area contributed by atoms with Crippen LogP contribution in [0.2, 0.25) is 0 Å². The number of nitrogens with zero attached hydrogens (tertiary/aromatic N) is 3. The molecule has 0 radical (unpaired) electrons. The minimum absolute atomic E-state index is 0.0460. The van der Waals surface area contributed by atoms with Gasteiger partial charge in [0.15, 0.2) is 0 Å². The molecule has 0 bridgehead atoms. The second-order valence-electron chi connectivity index (χ2n) is 10.3. The van der Waals surface area contributed by atoms with Crippen molar-refractivity contribution >= 4 is 11.6 Å². The van der Waals surface area contributed by atoms with Gasteiger partial charge in [0, 0.05) is 49.2 Å². The Morgan fingerprint density at radius 1 is 1.20 bits per heavy atom. The van der Waals surface area contributed by atoms with Crippen LogP contribution in [-0.2, 0) is 13.6 Å². The Hall–Kier alpha value is -3.35. The number of aryl methyl sites for hydroxylation is 2. The molecule has 1 aromatic heterocycles. The van der Waals surface area contributed by atoms with Crippen LogP contribution in [0.1, 0.15) is 71.1 Å². The van der Waals surface area contributed by atoms with Crippen LogP contribution >= 0.6 is 0 Å². The van der Waals surface area contributed by atoms with Gasteiger partial charge in [-0.15, -0.1) is 0 Å². The van der Waals surface area contributed by atoms with E-state index in [-0.39, 0.29) is 11.7 Å². The van der Waals surface area contributed by atoms with Crippen LogP contribution in [0.25, 0.3) is 0 Å². The second-order valence-corrected chi connectivity index (χ2v) is 10.3. The lowest BCUT2D eigenvalue weighted by Gasteiger charge is -2.29. The van der Waals surface area contributed by atoms with Crippen molar-refractivity contribution in [3.63, 3.8) is 0 Å². The first kappa shape index (κ1) is 23.4. The summed E-state index contributed by atoms with van der Waals surface area (Å²) >= 11 is 0. The number of anilines is 1. The van der Waals surface area contributed by atoms with Gasteiger partial charge in [0.1, 0.15) is 5.82 Å². The van der Waals surface area contributed by atoms with E-state index in [2.05, 4.69) is 17.9 Å². The van der Waals surface area contributed by atoms with E-state index in [1.54, 1.807) is 11.5 Å². The summed E-state index contributed by atoms with van der Waals surface area (Å²) in [5.74, 6) is -0.334. The Morgan fingerprint density at radius 2 is 1.97 bits per heavy atom. The molecule has 1 saturated carbocycles. The largest absolute Gasteiger partial charge is 0.369 e. The molecule has 0 spiro atoms. The number of nitrogens with one attached hydrogen (secondary N) is 1. The maximum atomic E-state index is 14.2. The van der Waals surface area contributed by atoms with E-state index in [0.717, 1.165) is 54.6 Å². The molecule has 1 saturated heterocycles. The molecule has 35 heavy (non-hydrogen) atoms. The van der Waals surface area contributed by atoms with Gasteiger partial charge < -0.3 is 19.8 Å². The third-order valence-corrected chi connectivity index (χ3v) is 7.76. The molecule has 2 heterocycles. The average Bonchev–Trinajstić information content (AvgIpc) is 3.49. The molecule has 1 aliphatic carbocycles. The molecular weight excluding hydrogens is 441 g/mol. The van der Waals surface area contributed by atoms with Crippen LogP contribution < -0.4 is 16.3 Å². The van der Waals surface area contributed by atoms with Gasteiger partial charge in [0.05, 0.1) is 6.54 Å². The van der Waals surface area contributed by atoms with Gasteiger partial charge in [0.2, 0.25) is 11.5 Å². The molecule has 2 atom stereocenters. The highest BCUT2D eigenvalue weighted by Crippen LogP contribution is 2.49. The third kappa shape index (κ3) is 4.40. The number of aromatic nitrogens is 2. The van der Waals surface area contributed by atoms with Gasteiger partial charge >= 0.3 is 0 Å². The highest BCUT2D eigenvalue weighted by molar-refractivity contribution is 5.96. The Labute approximate surface area is 205 Å². The van der Waals surface area contributed by atoms with Gasteiger partial charge in [-0.3, -0.25) is 10.2 Å². The number of carbonyl (C=O) groups is 1. The van der Waals surface area contributed by atoms with E-state index in [1.165, 1.54) is 6.07 Å². The highest BCUT2D eigenvalue weighted by Gasteiger charge is 2.37. The van der Waals surface area contributed by atoms with Crippen LogP contribution in [0.4, 0.5) is 10.1 Å². The third-order valence-electron chi connectivity index (χ3n) is 7.76. The molecule has 3 aromatic rings. The van der Waals surface area contributed by atoms with Crippen molar-refractivity contribution in [2.24, 2.45) is 18.7 Å². The maximum absolute atomic E-state index is 14.2. The van der Waals surface area contributed by atoms with Gasteiger partial charge in [-0.25, -0.2) is 4.39 Å². The quantitative estimate of drug-likeness (QED) is 0.530. The summed E-state index contributed by atoms with van der Waals surface area (Å²) in [4.78, 5) is 15.3. The van der Waals surface area contributed by atoms with Crippen molar-refractivity contribution in [1.82, 2.24) is 9.13 Å². The fraction of sp³-hybridized carbons (Fsp3) is 0.429. The minimum Gasteiger partial charge on any atom is -0.369 e. The summed E-state index contributed by atoms with van der Waals surface area (Å²) < 4.78 is 17.8. The van der Waals surface area contributed by atoms with Gasteiger partial charge in [-0.2, -0.15) is 0 Å². The Balaban J connectivity index is 1.73. The van der Waals surface area contributed by atoms with Crippen LogP contribution in [0, 0.1) is 24.1 Å². The highest BCUT2D eigenvalue weighted by atomic mass is 19.1. The van der Waals surface area contributed by atoms with Crippen molar-refractivity contribution in [2.45, 2.75) is 58.0 Å². The molecule has 2 fully saturated rings. The van der Waals surface area contributed by atoms with E-state index in [1.807, 2.05) is 42.2 Å². The lowest BCUT2D eigenvalue weighted by Crippen LogP contribution is -2.29. The van der Waals surface area contributed by atoms with E-state index >= 15 is 0 Å². The van der Waals surface area contributed by atoms with E-state index in [0.29, 0.717) is 35.2 Å². The van der Waals surface area contributed by atoms with Crippen LogP contribution in [0.5, 0.6) is 0 Å². The number of rotatable bonds is 7. The fourth-order valence-corrected chi connectivity index (χ4v) is 5.68. The summed E-state index contributed by atoms with van der Waals surface area (Å²) in [6.45, 7) is 5.41. The zero-order valence-electron chi connectivity index (χ0n) is 20.7.